The largest absolute Gasteiger partial charge is 0.508 e. The average Bonchev–Trinajstić information content (AvgIpc) is 2.75. The van der Waals surface area contributed by atoms with E-state index >= 15 is 0 Å². The van der Waals surface area contributed by atoms with Gasteiger partial charge in [0.2, 0.25) is 0 Å². The highest BCUT2D eigenvalue weighted by molar-refractivity contribution is 7.16. The van der Waals surface area contributed by atoms with Crippen molar-refractivity contribution in [1.82, 2.24) is 0 Å². The molecule has 4 heteroatoms. The molecule has 1 aliphatic carbocycles. The van der Waals surface area contributed by atoms with Gasteiger partial charge in [0.25, 0.3) is 0 Å². The Morgan fingerprint density at radius 2 is 2.21 bits per heavy atom. The van der Waals surface area contributed by atoms with E-state index in [0.717, 1.165) is 28.4 Å². The molecular weight excluding hydrogens is 278 g/mol. The smallest absolute Gasteiger partial charge is 0.118 e. The van der Waals surface area contributed by atoms with Crippen molar-refractivity contribution in [3.63, 3.8) is 0 Å². The number of rotatable bonds is 2. The number of halogens is 1. The zero-order chi connectivity index (χ0) is 13.4. The first-order chi connectivity index (χ1) is 9.13. The molecule has 0 spiro atoms. The van der Waals surface area contributed by atoms with E-state index in [-0.39, 0.29) is 0 Å². The lowest BCUT2D eigenvalue weighted by Gasteiger charge is -2.24. The van der Waals surface area contributed by atoms with Gasteiger partial charge in [-0.2, -0.15) is 0 Å². The minimum Gasteiger partial charge on any atom is -0.508 e. The summed E-state index contributed by atoms with van der Waals surface area (Å²) in [5, 5.41) is 13.1. The molecule has 2 aromatic rings. The molecule has 3 rings (SSSR count). The SMILES string of the molecule is Cc1cc(NC2CCCc3sc(Cl)cc32)ccc1O. The van der Waals surface area contributed by atoms with Crippen LogP contribution >= 0.6 is 22.9 Å². The van der Waals surface area contributed by atoms with Gasteiger partial charge in [-0.1, -0.05) is 11.6 Å². The van der Waals surface area contributed by atoms with Crippen molar-refractivity contribution in [2.24, 2.45) is 0 Å². The Labute approximate surface area is 122 Å². The van der Waals surface area contributed by atoms with E-state index in [1.54, 1.807) is 17.4 Å². The number of fused-ring (bicyclic) bond motifs is 1. The van der Waals surface area contributed by atoms with Crippen LogP contribution in [0.25, 0.3) is 0 Å². The number of aromatic hydroxyl groups is 1. The molecule has 0 bridgehead atoms. The molecule has 100 valence electrons. The van der Waals surface area contributed by atoms with Crippen molar-refractivity contribution >= 4 is 28.6 Å². The van der Waals surface area contributed by atoms with Gasteiger partial charge in [0.1, 0.15) is 5.75 Å². The molecule has 1 heterocycles. The van der Waals surface area contributed by atoms with Gasteiger partial charge in [0, 0.05) is 10.6 Å². The first-order valence-electron chi connectivity index (χ1n) is 6.48. The Balaban J connectivity index is 1.86. The van der Waals surface area contributed by atoms with Crippen LogP contribution in [0.4, 0.5) is 5.69 Å². The average molecular weight is 294 g/mol. The second-order valence-electron chi connectivity index (χ2n) is 5.02. The van der Waals surface area contributed by atoms with E-state index in [1.807, 2.05) is 19.1 Å². The van der Waals surface area contributed by atoms with Crippen LogP contribution in [-0.2, 0) is 6.42 Å². The van der Waals surface area contributed by atoms with Crippen molar-refractivity contribution in [1.29, 1.82) is 0 Å². The molecule has 19 heavy (non-hydrogen) atoms. The van der Waals surface area contributed by atoms with Gasteiger partial charge in [-0.15, -0.1) is 11.3 Å². The molecular formula is C15H16ClNOS. The minimum absolute atomic E-state index is 0.330. The Morgan fingerprint density at radius 3 is 3.00 bits per heavy atom. The highest BCUT2D eigenvalue weighted by atomic mass is 35.5. The van der Waals surface area contributed by atoms with Gasteiger partial charge in [0.05, 0.1) is 10.4 Å². The minimum atomic E-state index is 0.330. The molecule has 0 saturated carbocycles. The molecule has 0 aliphatic heterocycles. The van der Waals surface area contributed by atoms with Gasteiger partial charge in [-0.25, -0.2) is 0 Å². The van der Waals surface area contributed by atoms with Gasteiger partial charge >= 0.3 is 0 Å². The number of hydrogen-bond donors (Lipinski definition) is 2. The third kappa shape index (κ3) is 2.58. The zero-order valence-corrected chi connectivity index (χ0v) is 12.3. The first kappa shape index (κ1) is 12.8. The van der Waals surface area contributed by atoms with E-state index in [1.165, 1.54) is 16.9 Å². The van der Waals surface area contributed by atoms with Crippen LogP contribution in [0, 0.1) is 6.92 Å². The molecule has 1 aliphatic rings. The quantitative estimate of drug-likeness (QED) is 0.772. The predicted molar refractivity (Wildman–Crippen MR) is 81.5 cm³/mol. The first-order valence-corrected chi connectivity index (χ1v) is 7.67. The lowest BCUT2D eigenvalue weighted by Crippen LogP contribution is -2.15. The normalized spacial score (nSPS) is 18.1. The molecule has 1 aromatic heterocycles. The van der Waals surface area contributed by atoms with E-state index < -0.39 is 0 Å². The summed E-state index contributed by atoms with van der Waals surface area (Å²) in [6.07, 6.45) is 3.46. The van der Waals surface area contributed by atoms with Gasteiger partial charge in [0.15, 0.2) is 0 Å². The zero-order valence-electron chi connectivity index (χ0n) is 10.7. The molecule has 2 N–H and O–H groups in total. The Bertz CT molecular complexity index is 608. The van der Waals surface area contributed by atoms with Crippen molar-refractivity contribution in [2.45, 2.75) is 32.2 Å². The van der Waals surface area contributed by atoms with E-state index in [4.69, 9.17) is 11.6 Å². The highest BCUT2D eigenvalue weighted by Crippen LogP contribution is 2.39. The Kier molecular flexibility index (Phi) is 3.42. The number of nitrogens with one attached hydrogen (secondary N) is 1. The fraction of sp³-hybridized carbons (Fsp3) is 0.333. The number of phenolic OH excluding ortho intramolecular Hbond substituents is 1. The van der Waals surface area contributed by atoms with Crippen molar-refractivity contribution in [3.8, 4) is 5.75 Å². The van der Waals surface area contributed by atoms with Crippen LogP contribution in [-0.4, -0.2) is 5.11 Å². The Hall–Kier alpha value is -1.19. The molecule has 0 radical (unpaired) electrons. The molecule has 1 unspecified atom stereocenters. The third-order valence-electron chi connectivity index (χ3n) is 3.62. The summed E-state index contributed by atoms with van der Waals surface area (Å²) in [4.78, 5) is 1.41. The van der Waals surface area contributed by atoms with Crippen LogP contribution in [0.1, 0.15) is 34.9 Å². The second kappa shape index (κ2) is 5.06. The summed E-state index contributed by atoms with van der Waals surface area (Å²) in [5.41, 5.74) is 3.28. The van der Waals surface area contributed by atoms with E-state index in [0.29, 0.717) is 11.8 Å². The Morgan fingerprint density at radius 1 is 1.37 bits per heavy atom. The highest BCUT2D eigenvalue weighted by Gasteiger charge is 2.22. The number of phenols is 1. The molecule has 1 aromatic carbocycles. The fourth-order valence-electron chi connectivity index (χ4n) is 2.62. The van der Waals surface area contributed by atoms with Crippen molar-refractivity contribution < 1.29 is 5.11 Å². The van der Waals surface area contributed by atoms with E-state index in [2.05, 4.69) is 11.4 Å². The summed E-state index contributed by atoms with van der Waals surface area (Å²) in [6.45, 7) is 1.91. The summed E-state index contributed by atoms with van der Waals surface area (Å²) >= 11 is 7.82. The van der Waals surface area contributed by atoms with Gasteiger partial charge in [-0.05, 0) is 61.6 Å². The molecule has 0 fully saturated rings. The standard InChI is InChI=1S/C15H16ClNOS/c1-9-7-10(5-6-13(9)18)17-12-3-2-4-14-11(12)8-15(16)19-14/h5-8,12,17-18H,2-4H2,1H3. The third-order valence-corrected chi connectivity index (χ3v) is 4.96. The molecule has 2 nitrogen and oxygen atoms in total. The van der Waals surface area contributed by atoms with E-state index in [9.17, 15) is 5.11 Å². The lowest BCUT2D eigenvalue weighted by atomic mass is 9.94. The maximum atomic E-state index is 9.57. The summed E-state index contributed by atoms with van der Waals surface area (Å²) in [7, 11) is 0. The number of benzene rings is 1. The number of anilines is 1. The monoisotopic (exact) mass is 293 g/mol. The predicted octanol–water partition coefficient (Wildman–Crippen LogP) is 4.91. The van der Waals surface area contributed by atoms with Crippen LogP contribution in [0.3, 0.4) is 0 Å². The van der Waals surface area contributed by atoms with Crippen LogP contribution in [0.2, 0.25) is 4.34 Å². The molecule has 0 amide bonds. The van der Waals surface area contributed by atoms with Crippen LogP contribution < -0.4 is 5.32 Å². The van der Waals surface area contributed by atoms with Crippen LogP contribution in [0.15, 0.2) is 24.3 Å². The number of aryl methyl sites for hydroxylation is 2. The van der Waals surface area contributed by atoms with Gasteiger partial charge in [-0.3, -0.25) is 0 Å². The molecule has 0 saturated heterocycles. The maximum Gasteiger partial charge on any atom is 0.118 e. The maximum absolute atomic E-state index is 9.57. The van der Waals surface area contributed by atoms with Crippen molar-refractivity contribution in [3.05, 3.63) is 44.6 Å². The van der Waals surface area contributed by atoms with Crippen molar-refractivity contribution in [2.75, 3.05) is 5.32 Å². The van der Waals surface area contributed by atoms with Gasteiger partial charge < -0.3 is 10.4 Å². The lowest BCUT2D eigenvalue weighted by molar-refractivity contribution is 0.471. The topological polar surface area (TPSA) is 32.3 Å². The summed E-state index contributed by atoms with van der Waals surface area (Å²) < 4.78 is 0.876. The fourth-order valence-corrected chi connectivity index (χ4v) is 4.00. The number of thiophene rings is 1. The van der Waals surface area contributed by atoms with Crippen LogP contribution in [0.5, 0.6) is 5.75 Å². The summed E-state index contributed by atoms with van der Waals surface area (Å²) in [5.74, 6) is 0.341. The molecule has 1 atom stereocenters. The summed E-state index contributed by atoms with van der Waals surface area (Å²) in [6, 6.07) is 8.06. The number of hydrogen-bond acceptors (Lipinski definition) is 3. The second-order valence-corrected chi connectivity index (χ2v) is 6.79.